The number of hydrogen-bond donors (Lipinski definition) is 3. The third-order valence-electron chi connectivity index (χ3n) is 2.83. The number of carbonyl (C=O) groups is 2. The van der Waals surface area contributed by atoms with Crippen LogP contribution in [0.5, 0.6) is 0 Å². The van der Waals surface area contributed by atoms with Gasteiger partial charge in [-0.3, -0.25) is 4.79 Å². The zero-order valence-electron chi connectivity index (χ0n) is 10.5. The Morgan fingerprint density at radius 3 is 2.63 bits per heavy atom. The summed E-state index contributed by atoms with van der Waals surface area (Å²) in [6.07, 6.45) is 1.18. The average Bonchev–Trinajstić information content (AvgIpc) is 2.83. The highest BCUT2D eigenvalue weighted by Crippen LogP contribution is 2.15. The number of carboxylic acid groups (broad SMARTS) is 1. The van der Waals surface area contributed by atoms with Crippen LogP contribution in [0.2, 0.25) is 0 Å². The van der Waals surface area contributed by atoms with Gasteiger partial charge in [0.25, 0.3) is 5.91 Å². The van der Waals surface area contributed by atoms with Crippen LogP contribution in [-0.4, -0.2) is 27.0 Å². The van der Waals surface area contributed by atoms with Gasteiger partial charge in [0.05, 0.1) is 6.33 Å². The normalized spacial score (nSPS) is 10.2. The zero-order valence-corrected chi connectivity index (χ0v) is 10.5. The fourth-order valence-electron chi connectivity index (χ4n) is 1.64. The van der Waals surface area contributed by atoms with Gasteiger partial charge < -0.3 is 15.4 Å². The van der Waals surface area contributed by atoms with E-state index in [0.717, 1.165) is 11.1 Å². The van der Waals surface area contributed by atoms with E-state index in [1.165, 1.54) is 6.33 Å². The van der Waals surface area contributed by atoms with E-state index >= 15 is 0 Å². The Bertz CT molecular complexity index is 646. The van der Waals surface area contributed by atoms with Gasteiger partial charge in [-0.15, -0.1) is 0 Å². The van der Waals surface area contributed by atoms with Gasteiger partial charge in [-0.05, 0) is 37.1 Å². The Kier molecular flexibility index (Phi) is 3.33. The smallest absolute Gasteiger partial charge is 0.354 e. The van der Waals surface area contributed by atoms with Crippen LogP contribution in [0.4, 0.5) is 5.69 Å². The van der Waals surface area contributed by atoms with Gasteiger partial charge in [-0.1, -0.05) is 6.07 Å². The Morgan fingerprint density at radius 1 is 1.26 bits per heavy atom. The highest BCUT2D eigenvalue weighted by molar-refractivity contribution is 6.08. The average molecular weight is 259 g/mol. The topological polar surface area (TPSA) is 95.1 Å². The zero-order chi connectivity index (χ0) is 14.0. The van der Waals surface area contributed by atoms with Crippen LogP contribution < -0.4 is 5.32 Å². The number of aryl methyl sites for hydroxylation is 2. The Morgan fingerprint density at radius 2 is 2.00 bits per heavy atom. The van der Waals surface area contributed by atoms with Gasteiger partial charge >= 0.3 is 5.97 Å². The highest BCUT2D eigenvalue weighted by Gasteiger charge is 2.19. The second-order valence-electron chi connectivity index (χ2n) is 4.18. The fraction of sp³-hybridized carbons (Fsp3) is 0.154. The van der Waals surface area contributed by atoms with Gasteiger partial charge in [0.15, 0.2) is 11.4 Å². The van der Waals surface area contributed by atoms with E-state index in [4.69, 9.17) is 5.11 Å². The number of imidazole rings is 1. The third kappa shape index (κ3) is 2.62. The molecule has 0 saturated heterocycles. The third-order valence-corrected chi connectivity index (χ3v) is 2.83. The summed E-state index contributed by atoms with van der Waals surface area (Å²) in [6, 6.07) is 5.46. The maximum atomic E-state index is 11.9. The van der Waals surface area contributed by atoms with E-state index in [1.807, 2.05) is 26.0 Å². The summed E-state index contributed by atoms with van der Waals surface area (Å²) < 4.78 is 0. The van der Waals surface area contributed by atoms with Crippen molar-refractivity contribution in [2.75, 3.05) is 5.32 Å². The minimum absolute atomic E-state index is 0.134. The SMILES string of the molecule is Cc1ccc(NC(=O)c2nc[nH]c2C(=O)O)cc1C. The first-order chi connectivity index (χ1) is 8.99. The first-order valence-corrected chi connectivity index (χ1v) is 5.64. The largest absolute Gasteiger partial charge is 0.477 e. The summed E-state index contributed by atoms with van der Waals surface area (Å²) >= 11 is 0. The highest BCUT2D eigenvalue weighted by atomic mass is 16.4. The van der Waals surface area contributed by atoms with E-state index < -0.39 is 11.9 Å². The summed E-state index contributed by atoms with van der Waals surface area (Å²) in [7, 11) is 0. The fourth-order valence-corrected chi connectivity index (χ4v) is 1.64. The van der Waals surface area contributed by atoms with Gasteiger partial charge in [0, 0.05) is 5.69 Å². The number of carbonyl (C=O) groups excluding carboxylic acids is 1. The van der Waals surface area contributed by atoms with Crippen molar-refractivity contribution in [2.45, 2.75) is 13.8 Å². The lowest BCUT2D eigenvalue weighted by molar-refractivity contribution is 0.0686. The van der Waals surface area contributed by atoms with Crippen molar-refractivity contribution in [1.29, 1.82) is 0 Å². The van der Waals surface area contributed by atoms with Gasteiger partial charge in [0.2, 0.25) is 0 Å². The quantitative estimate of drug-likeness (QED) is 0.785. The van der Waals surface area contributed by atoms with Crippen molar-refractivity contribution in [1.82, 2.24) is 9.97 Å². The number of nitrogens with zero attached hydrogens (tertiary/aromatic N) is 1. The molecule has 0 bridgehead atoms. The van der Waals surface area contributed by atoms with E-state index in [9.17, 15) is 9.59 Å². The molecule has 2 rings (SSSR count). The number of nitrogens with one attached hydrogen (secondary N) is 2. The number of aromatic nitrogens is 2. The number of aromatic amines is 1. The standard InChI is InChI=1S/C13H13N3O3/c1-7-3-4-9(5-8(7)2)16-12(17)10-11(13(18)19)15-6-14-10/h3-6H,1-2H3,(H,14,15)(H,16,17)(H,18,19). The molecule has 98 valence electrons. The van der Waals surface area contributed by atoms with Crippen LogP contribution in [0.25, 0.3) is 0 Å². The van der Waals surface area contributed by atoms with Crippen molar-refractivity contribution in [3.05, 3.63) is 47.0 Å². The minimum Gasteiger partial charge on any atom is -0.477 e. The van der Waals surface area contributed by atoms with Gasteiger partial charge in [-0.25, -0.2) is 9.78 Å². The Labute approximate surface area is 109 Å². The molecule has 0 atom stereocenters. The first-order valence-electron chi connectivity index (χ1n) is 5.64. The number of hydrogen-bond acceptors (Lipinski definition) is 3. The van der Waals surface area contributed by atoms with Crippen molar-refractivity contribution in [3.8, 4) is 0 Å². The van der Waals surface area contributed by atoms with Crippen LogP contribution in [0.15, 0.2) is 24.5 Å². The predicted molar refractivity (Wildman–Crippen MR) is 69.4 cm³/mol. The van der Waals surface area contributed by atoms with Crippen LogP contribution in [0.3, 0.4) is 0 Å². The molecule has 1 aromatic heterocycles. The molecular formula is C13H13N3O3. The monoisotopic (exact) mass is 259 g/mol. The number of carboxylic acids is 1. The molecular weight excluding hydrogens is 246 g/mol. The maximum absolute atomic E-state index is 11.9. The van der Waals surface area contributed by atoms with Gasteiger partial charge in [-0.2, -0.15) is 0 Å². The number of rotatable bonds is 3. The van der Waals surface area contributed by atoms with E-state index in [2.05, 4.69) is 15.3 Å². The van der Waals surface area contributed by atoms with Crippen molar-refractivity contribution in [3.63, 3.8) is 0 Å². The van der Waals surface area contributed by atoms with Crippen LogP contribution >= 0.6 is 0 Å². The van der Waals surface area contributed by atoms with Crippen LogP contribution in [0, 0.1) is 13.8 Å². The molecule has 19 heavy (non-hydrogen) atoms. The number of anilines is 1. The lowest BCUT2D eigenvalue weighted by Gasteiger charge is -2.06. The minimum atomic E-state index is -1.22. The molecule has 2 aromatic rings. The molecule has 0 aliphatic heterocycles. The molecule has 1 heterocycles. The molecule has 0 spiro atoms. The summed E-state index contributed by atoms with van der Waals surface area (Å²) in [5.41, 5.74) is 2.40. The molecule has 0 fully saturated rings. The first kappa shape index (κ1) is 12.8. The van der Waals surface area contributed by atoms with E-state index in [0.29, 0.717) is 5.69 Å². The molecule has 3 N–H and O–H groups in total. The van der Waals surface area contributed by atoms with E-state index in [1.54, 1.807) is 6.07 Å². The summed E-state index contributed by atoms with van der Waals surface area (Å²) in [6.45, 7) is 3.90. The molecule has 1 aromatic carbocycles. The number of aromatic carboxylic acids is 1. The van der Waals surface area contributed by atoms with Crippen LogP contribution in [0.1, 0.15) is 32.1 Å². The lowest BCUT2D eigenvalue weighted by atomic mass is 10.1. The Hall–Kier alpha value is -2.63. The summed E-state index contributed by atoms with van der Waals surface area (Å²) in [5, 5.41) is 11.5. The maximum Gasteiger partial charge on any atom is 0.354 e. The summed E-state index contributed by atoms with van der Waals surface area (Å²) in [4.78, 5) is 29.0. The Balaban J connectivity index is 2.23. The van der Waals surface area contributed by atoms with Crippen molar-refractivity contribution < 1.29 is 14.7 Å². The van der Waals surface area contributed by atoms with Gasteiger partial charge in [0.1, 0.15) is 0 Å². The molecule has 0 aliphatic rings. The molecule has 0 unspecified atom stereocenters. The predicted octanol–water partition coefficient (Wildman–Crippen LogP) is 1.98. The second kappa shape index (κ2) is 4.93. The molecule has 6 heteroatoms. The van der Waals surface area contributed by atoms with E-state index in [-0.39, 0.29) is 11.4 Å². The molecule has 6 nitrogen and oxygen atoms in total. The number of benzene rings is 1. The molecule has 0 radical (unpaired) electrons. The molecule has 0 saturated carbocycles. The van der Waals surface area contributed by atoms with Crippen molar-refractivity contribution >= 4 is 17.6 Å². The number of H-pyrrole nitrogens is 1. The van der Waals surface area contributed by atoms with Crippen molar-refractivity contribution in [2.24, 2.45) is 0 Å². The molecule has 0 aliphatic carbocycles. The number of amides is 1. The molecule has 1 amide bonds. The van der Waals surface area contributed by atoms with Crippen LogP contribution in [-0.2, 0) is 0 Å². The second-order valence-corrected chi connectivity index (χ2v) is 4.18. The summed E-state index contributed by atoms with van der Waals surface area (Å²) in [5.74, 6) is -1.77. The lowest BCUT2D eigenvalue weighted by Crippen LogP contribution is -2.16.